The van der Waals surface area contributed by atoms with E-state index in [9.17, 15) is 4.79 Å². The molecule has 1 amide bonds. The number of para-hydroxylation sites is 1. The molecule has 3 rings (SSSR count). The summed E-state index contributed by atoms with van der Waals surface area (Å²) in [5.41, 5.74) is 1.60. The molecular weight excluding hydrogens is 284 g/mol. The van der Waals surface area contributed by atoms with Crippen LogP contribution in [0.4, 0.5) is 0 Å². The summed E-state index contributed by atoms with van der Waals surface area (Å²) >= 11 is 0. The third kappa shape index (κ3) is 2.95. The Hall–Kier alpha value is -2.76. The van der Waals surface area contributed by atoms with Gasteiger partial charge in [-0.1, -0.05) is 17.3 Å². The molecule has 6 nitrogen and oxygen atoms in total. The number of amides is 1. The monoisotopic (exact) mass is 300 g/mol. The van der Waals surface area contributed by atoms with Crippen LogP contribution in [0.25, 0.3) is 11.0 Å². The number of nitrogens with zero attached hydrogens (tertiary/aromatic N) is 1. The van der Waals surface area contributed by atoms with Crippen molar-refractivity contribution in [3.8, 4) is 5.75 Å². The standard InChI is InChI=1S/C16H16N2O4/c1-20-13-6-2-5-12-8-14(22-15(12)13)16(19)17-7-3-4-11-9-18-21-10-11/h2,5-6,8-10H,3-4,7H2,1H3,(H,17,19). The zero-order chi connectivity index (χ0) is 15.4. The number of nitrogens with one attached hydrogen (secondary N) is 1. The zero-order valence-corrected chi connectivity index (χ0v) is 12.2. The summed E-state index contributed by atoms with van der Waals surface area (Å²) in [7, 11) is 1.57. The summed E-state index contributed by atoms with van der Waals surface area (Å²) in [5, 5.41) is 7.31. The molecule has 0 saturated carbocycles. The van der Waals surface area contributed by atoms with Crippen LogP contribution < -0.4 is 10.1 Å². The molecule has 6 heteroatoms. The maximum atomic E-state index is 12.1. The summed E-state index contributed by atoms with van der Waals surface area (Å²) in [4.78, 5) is 12.1. The smallest absolute Gasteiger partial charge is 0.287 e. The van der Waals surface area contributed by atoms with Crippen molar-refractivity contribution in [2.45, 2.75) is 12.8 Å². The highest BCUT2D eigenvalue weighted by Crippen LogP contribution is 2.28. The van der Waals surface area contributed by atoms with Gasteiger partial charge in [-0.3, -0.25) is 4.79 Å². The lowest BCUT2D eigenvalue weighted by molar-refractivity contribution is 0.0927. The topological polar surface area (TPSA) is 77.5 Å². The van der Waals surface area contributed by atoms with Crippen LogP contribution in [0.1, 0.15) is 22.5 Å². The fourth-order valence-electron chi connectivity index (χ4n) is 2.24. The maximum Gasteiger partial charge on any atom is 0.287 e. The van der Waals surface area contributed by atoms with Gasteiger partial charge >= 0.3 is 0 Å². The molecule has 0 fully saturated rings. The summed E-state index contributed by atoms with van der Waals surface area (Å²) in [6, 6.07) is 7.25. The van der Waals surface area contributed by atoms with Crippen molar-refractivity contribution in [3.63, 3.8) is 0 Å². The van der Waals surface area contributed by atoms with E-state index in [2.05, 4.69) is 10.5 Å². The van der Waals surface area contributed by atoms with Crippen molar-refractivity contribution in [2.75, 3.05) is 13.7 Å². The second-order valence-corrected chi connectivity index (χ2v) is 4.88. The largest absolute Gasteiger partial charge is 0.493 e. The molecule has 0 aliphatic rings. The van der Waals surface area contributed by atoms with Crippen molar-refractivity contribution in [1.82, 2.24) is 10.5 Å². The predicted molar refractivity (Wildman–Crippen MR) is 79.9 cm³/mol. The average molecular weight is 300 g/mol. The van der Waals surface area contributed by atoms with Gasteiger partial charge in [-0.2, -0.15) is 0 Å². The molecule has 0 spiro atoms. The van der Waals surface area contributed by atoms with Crippen LogP contribution in [0.5, 0.6) is 5.75 Å². The molecule has 3 aromatic rings. The molecule has 0 radical (unpaired) electrons. The molecule has 22 heavy (non-hydrogen) atoms. The first-order valence-corrected chi connectivity index (χ1v) is 7.01. The average Bonchev–Trinajstić information content (AvgIpc) is 3.19. The zero-order valence-electron chi connectivity index (χ0n) is 12.2. The van der Waals surface area contributed by atoms with Crippen molar-refractivity contribution in [1.29, 1.82) is 0 Å². The quantitative estimate of drug-likeness (QED) is 0.708. The van der Waals surface area contributed by atoms with Gasteiger partial charge < -0.3 is 19.0 Å². The molecule has 0 aliphatic heterocycles. The Labute approximate surface area is 127 Å². The van der Waals surface area contributed by atoms with E-state index in [-0.39, 0.29) is 11.7 Å². The lowest BCUT2D eigenvalue weighted by Crippen LogP contribution is -2.24. The minimum absolute atomic E-state index is 0.233. The number of hydrogen-bond donors (Lipinski definition) is 1. The number of methoxy groups -OCH3 is 1. The van der Waals surface area contributed by atoms with Crippen molar-refractivity contribution >= 4 is 16.9 Å². The van der Waals surface area contributed by atoms with Gasteiger partial charge in [0.25, 0.3) is 5.91 Å². The number of aromatic nitrogens is 1. The summed E-state index contributed by atoms with van der Waals surface area (Å²) in [6.45, 7) is 0.554. The number of carbonyl (C=O) groups excluding carboxylic acids is 1. The Morgan fingerprint density at radius 1 is 1.41 bits per heavy atom. The number of ether oxygens (including phenoxy) is 1. The number of hydrogen-bond acceptors (Lipinski definition) is 5. The Morgan fingerprint density at radius 2 is 2.32 bits per heavy atom. The van der Waals surface area contributed by atoms with E-state index in [1.54, 1.807) is 31.7 Å². The lowest BCUT2D eigenvalue weighted by Gasteiger charge is -2.02. The SMILES string of the molecule is COc1cccc2cc(C(=O)NCCCc3cnoc3)oc12. The van der Waals surface area contributed by atoms with Gasteiger partial charge in [0.2, 0.25) is 0 Å². The van der Waals surface area contributed by atoms with Gasteiger partial charge in [0.15, 0.2) is 17.1 Å². The summed E-state index contributed by atoms with van der Waals surface area (Å²) < 4.78 is 15.6. The van der Waals surface area contributed by atoms with Crippen LogP contribution in [-0.2, 0) is 6.42 Å². The second-order valence-electron chi connectivity index (χ2n) is 4.88. The van der Waals surface area contributed by atoms with Crippen LogP contribution in [0.15, 0.2) is 45.7 Å². The van der Waals surface area contributed by atoms with Crippen LogP contribution in [-0.4, -0.2) is 24.7 Å². The van der Waals surface area contributed by atoms with Crippen LogP contribution in [0, 0.1) is 0 Å². The molecule has 1 N–H and O–H groups in total. The molecule has 0 atom stereocenters. The molecule has 0 unspecified atom stereocenters. The third-order valence-corrected chi connectivity index (χ3v) is 3.36. The summed E-state index contributed by atoms with van der Waals surface area (Å²) in [5.74, 6) is 0.664. The fraction of sp³-hybridized carbons (Fsp3) is 0.250. The maximum absolute atomic E-state index is 12.1. The van der Waals surface area contributed by atoms with E-state index < -0.39 is 0 Å². The minimum Gasteiger partial charge on any atom is -0.493 e. The lowest BCUT2D eigenvalue weighted by atomic mass is 10.2. The minimum atomic E-state index is -0.233. The molecule has 2 aromatic heterocycles. The van der Waals surface area contributed by atoms with E-state index in [1.807, 2.05) is 12.1 Å². The van der Waals surface area contributed by atoms with Gasteiger partial charge in [0.05, 0.1) is 13.3 Å². The third-order valence-electron chi connectivity index (χ3n) is 3.36. The molecule has 0 saturated heterocycles. The first-order chi connectivity index (χ1) is 10.8. The van der Waals surface area contributed by atoms with Gasteiger partial charge in [0.1, 0.15) is 6.26 Å². The first-order valence-electron chi connectivity index (χ1n) is 7.01. The van der Waals surface area contributed by atoms with Crippen LogP contribution >= 0.6 is 0 Å². The highest BCUT2D eigenvalue weighted by atomic mass is 16.5. The van der Waals surface area contributed by atoms with Crippen LogP contribution in [0.3, 0.4) is 0 Å². The number of fused-ring (bicyclic) bond motifs is 1. The number of aryl methyl sites for hydroxylation is 1. The molecule has 0 bridgehead atoms. The Morgan fingerprint density at radius 3 is 3.09 bits per heavy atom. The normalized spacial score (nSPS) is 10.8. The van der Waals surface area contributed by atoms with E-state index in [0.29, 0.717) is 17.9 Å². The first kappa shape index (κ1) is 14.2. The molecular formula is C16H16N2O4. The van der Waals surface area contributed by atoms with E-state index in [0.717, 1.165) is 23.8 Å². The highest BCUT2D eigenvalue weighted by Gasteiger charge is 2.14. The molecule has 1 aromatic carbocycles. The number of carbonyl (C=O) groups is 1. The van der Waals surface area contributed by atoms with E-state index in [4.69, 9.17) is 13.7 Å². The van der Waals surface area contributed by atoms with E-state index >= 15 is 0 Å². The molecule has 2 heterocycles. The molecule has 114 valence electrons. The highest BCUT2D eigenvalue weighted by molar-refractivity contribution is 5.97. The van der Waals surface area contributed by atoms with Gasteiger partial charge in [0, 0.05) is 17.5 Å². The fourth-order valence-corrected chi connectivity index (χ4v) is 2.24. The summed E-state index contributed by atoms with van der Waals surface area (Å²) in [6.07, 6.45) is 4.88. The Bertz CT molecular complexity index is 762. The van der Waals surface area contributed by atoms with Gasteiger partial charge in [-0.25, -0.2) is 0 Å². The van der Waals surface area contributed by atoms with Gasteiger partial charge in [-0.15, -0.1) is 0 Å². The Balaban J connectivity index is 1.60. The number of benzene rings is 1. The van der Waals surface area contributed by atoms with Gasteiger partial charge in [-0.05, 0) is 25.0 Å². The van der Waals surface area contributed by atoms with Crippen molar-refractivity contribution < 1.29 is 18.5 Å². The van der Waals surface area contributed by atoms with Crippen molar-refractivity contribution in [3.05, 3.63) is 48.0 Å². The van der Waals surface area contributed by atoms with E-state index in [1.165, 1.54) is 0 Å². The van der Waals surface area contributed by atoms with Crippen LogP contribution in [0.2, 0.25) is 0 Å². The molecule has 0 aliphatic carbocycles. The van der Waals surface area contributed by atoms with Crippen molar-refractivity contribution in [2.24, 2.45) is 0 Å². The number of rotatable bonds is 6. The number of furan rings is 1. The second kappa shape index (κ2) is 6.34. The predicted octanol–water partition coefficient (Wildman–Crippen LogP) is 2.79. The Kier molecular flexibility index (Phi) is 4.09.